The average Bonchev–Trinajstić information content (AvgIpc) is 2.44. The molecule has 1 heterocycles. The first-order valence-corrected chi connectivity index (χ1v) is 5.94. The maximum absolute atomic E-state index is 11.3. The number of hydrogen-bond donors (Lipinski definition) is 3. The number of hydrogen-bond acceptors (Lipinski definition) is 7. The minimum atomic E-state index is -0.102. The van der Waals surface area contributed by atoms with Gasteiger partial charge in [0, 0.05) is 26.8 Å². The molecule has 1 aromatic heterocycles. The van der Waals surface area contributed by atoms with Gasteiger partial charge in [-0.3, -0.25) is 4.79 Å². The number of hydrazine groups is 1. The Kier molecular flexibility index (Phi) is 5.97. The van der Waals surface area contributed by atoms with Crippen LogP contribution in [0.4, 0.5) is 11.6 Å². The van der Waals surface area contributed by atoms with Crippen LogP contribution in [0.25, 0.3) is 0 Å². The summed E-state index contributed by atoms with van der Waals surface area (Å²) in [5.74, 6) is 6.85. The van der Waals surface area contributed by atoms with E-state index in [-0.39, 0.29) is 12.5 Å². The highest BCUT2D eigenvalue weighted by molar-refractivity contribution is 5.80. The number of amides is 1. The number of nitrogens with two attached hydrogens (primary N) is 1. The van der Waals surface area contributed by atoms with Crippen molar-refractivity contribution in [2.75, 3.05) is 37.6 Å². The van der Waals surface area contributed by atoms with E-state index in [0.717, 1.165) is 0 Å². The summed E-state index contributed by atoms with van der Waals surface area (Å²) in [6.45, 7) is 2.97. The summed E-state index contributed by atoms with van der Waals surface area (Å²) in [5, 5.41) is 2.55. The third-order valence-corrected chi connectivity index (χ3v) is 2.39. The zero-order valence-electron chi connectivity index (χ0n) is 11.4. The van der Waals surface area contributed by atoms with Crippen LogP contribution in [0, 0.1) is 0 Å². The van der Waals surface area contributed by atoms with Crippen molar-refractivity contribution in [2.24, 2.45) is 5.84 Å². The van der Waals surface area contributed by atoms with E-state index >= 15 is 0 Å². The van der Waals surface area contributed by atoms with Gasteiger partial charge in [0.15, 0.2) is 5.82 Å². The Morgan fingerprint density at radius 3 is 2.84 bits per heavy atom. The first-order chi connectivity index (χ1) is 9.10. The molecule has 0 aliphatic carbocycles. The smallest absolute Gasteiger partial charge is 0.239 e. The molecule has 1 aromatic rings. The summed E-state index contributed by atoms with van der Waals surface area (Å²) in [4.78, 5) is 21.5. The lowest BCUT2D eigenvalue weighted by atomic mass is 10.4. The molecule has 8 nitrogen and oxygen atoms in total. The van der Waals surface area contributed by atoms with Crippen LogP contribution < -0.4 is 21.5 Å². The zero-order chi connectivity index (χ0) is 14.3. The van der Waals surface area contributed by atoms with E-state index < -0.39 is 0 Å². The van der Waals surface area contributed by atoms with Gasteiger partial charge < -0.3 is 20.4 Å². The van der Waals surface area contributed by atoms with Gasteiger partial charge in [-0.15, -0.1) is 0 Å². The minimum absolute atomic E-state index is 0.102. The Morgan fingerprint density at radius 1 is 1.53 bits per heavy atom. The molecule has 19 heavy (non-hydrogen) atoms. The fourth-order valence-corrected chi connectivity index (χ4v) is 1.39. The van der Waals surface area contributed by atoms with Crippen LogP contribution in [0.2, 0.25) is 0 Å². The highest BCUT2D eigenvalue weighted by atomic mass is 16.5. The van der Waals surface area contributed by atoms with Crippen LogP contribution in [0.15, 0.2) is 6.07 Å². The molecule has 0 aliphatic rings. The topological polar surface area (TPSA) is 105 Å². The molecule has 0 bridgehead atoms. The van der Waals surface area contributed by atoms with E-state index in [9.17, 15) is 4.79 Å². The molecule has 0 fully saturated rings. The quantitative estimate of drug-likeness (QED) is 0.451. The summed E-state index contributed by atoms with van der Waals surface area (Å²) in [6, 6.07) is 1.67. The summed E-state index contributed by atoms with van der Waals surface area (Å²) in [5.41, 5.74) is 2.47. The summed E-state index contributed by atoms with van der Waals surface area (Å²) < 4.78 is 5.26. The molecule has 0 radical (unpaired) electrons. The Hall–Kier alpha value is -1.93. The monoisotopic (exact) mass is 268 g/mol. The van der Waals surface area contributed by atoms with Crippen molar-refractivity contribution in [3.05, 3.63) is 11.9 Å². The van der Waals surface area contributed by atoms with Gasteiger partial charge in [-0.2, -0.15) is 0 Å². The summed E-state index contributed by atoms with van der Waals surface area (Å²) in [7, 11) is 3.35. The van der Waals surface area contributed by atoms with Gasteiger partial charge in [-0.05, 0) is 6.92 Å². The van der Waals surface area contributed by atoms with Crippen molar-refractivity contribution in [1.82, 2.24) is 15.3 Å². The fraction of sp³-hybridized carbons (Fsp3) is 0.545. The van der Waals surface area contributed by atoms with Crippen molar-refractivity contribution in [3.63, 3.8) is 0 Å². The number of aromatic nitrogens is 2. The van der Waals surface area contributed by atoms with E-state index in [4.69, 9.17) is 10.6 Å². The van der Waals surface area contributed by atoms with Crippen LogP contribution >= 0.6 is 0 Å². The number of carbonyl (C=O) groups is 1. The maximum atomic E-state index is 11.3. The molecular weight excluding hydrogens is 248 g/mol. The molecule has 0 aliphatic heterocycles. The molecule has 106 valence electrons. The third-order valence-electron chi connectivity index (χ3n) is 2.39. The lowest BCUT2D eigenvalue weighted by Crippen LogP contribution is -2.33. The lowest BCUT2D eigenvalue weighted by molar-refractivity contribution is -0.119. The average molecular weight is 268 g/mol. The second kappa shape index (κ2) is 7.49. The normalized spacial score (nSPS) is 10.1. The van der Waals surface area contributed by atoms with Crippen LogP contribution in [0.5, 0.6) is 0 Å². The van der Waals surface area contributed by atoms with Gasteiger partial charge in [0.05, 0.1) is 6.54 Å². The Balaban J connectivity index is 2.88. The highest BCUT2D eigenvalue weighted by Gasteiger charge is 2.10. The van der Waals surface area contributed by atoms with Gasteiger partial charge >= 0.3 is 0 Å². The first-order valence-electron chi connectivity index (χ1n) is 5.94. The Morgan fingerprint density at radius 2 is 2.26 bits per heavy atom. The molecule has 0 saturated heterocycles. The van der Waals surface area contributed by atoms with Crippen LogP contribution in [-0.2, 0) is 16.1 Å². The Labute approximate surface area is 112 Å². The van der Waals surface area contributed by atoms with E-state index in [1.165, 1.54) is 0 Å². The molecule has 4 N–H and O–H groups in total. The van der Waals surface area contributed by atoms with Gasteiger partial charge in [-0.25, -0.2) is 15.8 Å². The number of nitrogens with zero attached hydrogens (tertiary/aromatic N) is 3. The highest BCUT2D eigenvalue weighted by Crippen LogP contribution is 2.14. The van der Waals surface area contributed by atoms with Gasteiger partial charge in [0.1, 0.15) is 18.2 Å². The van der Waals surface area contributed by atoms with Crippen molar-refractivity contribution in [1.29, 1.82) is 0 Å². The van der Waals surface area contributed by atoms with Crippen molar-refractivity contribution in [3.8, 4) is 0 Å². The first kappa shape index (κ1) is 15.1. The number of nitrogen functional groups attached to an aromatic ring is 1. The number of carbonyl (C=O) groups excluding carboxylic acids is 1. The van der Waals surface area contributed by atoms with Crippen LogP contribution in [-0.4, -0.2) is 43.1 Å². The van der Waals surface area contributed by atoms with E-state index in [2.05, 4.69) is 20.7 Å². The molecule has 8 heteroatoms. The van der Waals surface area contributed by atoms with Crippen molar-refractivity contribution >= 4 is 17.5 Å². The Bertz CT molecular complexity index is 426. The standard InChI is InChI=1S/C11H20N6O2/c1-4-19-7-9-14-8(16-12)5-10(15-9)17(3)6-11(18)13-2/h5H,4,6-7,12H2,1-3H3,(H,13,18)(H,14,15,16). The molecule has 0 saturated carbocycles. The summed E-state index contributed by atoms with van der Waals surface area (Å²) in [6.07, 6.45) is 0. The second-order valence-electron chi connectivity index (χ2n) is 3.84. The predicted octanol–water partition coefficient (Wildman–Crippen LogP) is -0.519. The van der Waals surface area contributed by atoms with Crippen LogP contribution in [0.1, 0.15) is 12.7 Å². The summed E-state index contributed by atoms with van der Waals surface area (Å²) >= 11 is 0. The second-order valence-corrected chi connectivity index (χ2v) is 3.84. The molecule has 1 amide bonds. The third kappa shape index (κ3) is 4.68. The SMILES string of the molecule is CCOCc1nc(NN)cc(N(C)CC(=O)NC)n1. The predicted molar refractivity (Wildman–Crippen MR) is 72.5 cm³/mol. The largest absolute Gasteiger partial charge is 0.374 e. The lowest BCUT2D eigenvalue weighted by Gasteiger charge is -2.18. The van der Waals surface area contributed by atoms with Gasteiger partial charge in [-0.1, -0.05) is 0 Å². The van der Waals surface area contributed by atoms with E-state index in [1.54, 1.807) is 25.1 Å². The molecule has 1 rings (SSSR count). The molecular formula is C11H20N6O2. The minimum Gasteiger partial charge on any atom is -0.374 e. The maximum Gasteiger partial charge on any atom is 0.239 e. The zero-order valence-corrected chi connectivity index (χ0v) is 11.4. The van der Waals surface area contributed by atoms with Gasteiger partial charge in [0.2, 0.25) is 5.91 Å². The van der Waals surface area contributed by atoms with E-state index in [0.29, 0.717) is 30.7 Å². The number of likely N-dealkylation sites (N-methyl/N-ethyl adjacent to an activating group) is 2. The van der Waals surface area contributed by atoms with E-state index in [1.807, 2.05) is 6.92 Å². The fourth-order valence-electron chi connectivity index (χ4n) is 1.39. The molecule has 0 spiro atoms. The number of nitrogens with one attached hydrogen (secondary N) is 2. The number of rotatable bonds is 7. The van der Waals surface area contributed by atoms with Crippen molar-refractivity contribution < 1.29 is 9.53 Å². The molecule has 0 atom stereocenters. The molecule has 0 aromatic carbocycles. The van der Waals surface area contributed by atoms with Gasteiger partial charge in [0.25, 0.3) is 0 Å². The van der Waals surface area contributed by atoms with Crippen molar-refractivity contribution in [2.45, 2.75) is 13.5 Å². The van der Waals surface area contributed by atoms with Crippen LogP contribution in [0.3, 0.4) is 0 Å². The molecule has 0 unspecified atom stereocenters. The number of ether oxygens (including phenoxy) is 1. The number of anilines is 2.